The van der Waals surface area contributed by atoms with E-state index in [2.05, 4.69) is 271 Å². The molecule has 7 heteroatoms. The second kappa shape index (κ2) is 43.0. The first-order valence-corrected chi connectivity index (χ1v) is 38.7. The third kappa shape index (κ3) is 32.4. The highest BCUT2D eigenvalue weighted by Gasteiger charge is 2.36. The summed E-state index contributed by atoms with van der Waals surface area (Å²) in [7, 11) is 0.344. The van der Waals surface area contributed by atoms with Gasteiger partial charge in [0.25, 0.3) is 0 Å². The molecule has 0 aromatic heterocycles. The van der Waals surface area contributed by atoms with Crippen LogP contribution >= 0.6 is 0 Å². The molecule has 8 aromatic carbocycles. The van der Waals surface area contributed by atoms with Gasteiger partial charge in [-0.05, 0) is 154 Å². The van der Waals surface area contributed by atoms with Crippen molar-refractivity contribution >= 4 is 34.9 Å². The van der Waals surface area contributed by atoms with Gasteiger partial charge < -0.3 is 9.47 Å². The fraction of sp³-hybridized carbons (Fsp3) is 0.422. The molecule has 90 heavy (non-hydrogen) atoms. The molecule has 8 aromatic rings. The lowest BCUT2D eigenvalue weighted by atomic mass is 9.99. The maximum atomic E-state index is 11.0. The minimum atomic E-state index is -1.34. The Morgan fingerprint density at radius 3 is 0.844 bits per heavy atom. The monoisotopic (exact) mass is 1270 g/mol. The molecule has 0 aliphatic carbocycles. The van der Waals surface area contributed by atoms with E-state index in [0.29, 0.717) is 52.6 Å². The van der Waals surface area contributed by atoms with Gasteiger partial charge >= 0.3 is 0 Å². The number of aryl methyl sites for hydroxylation is 1. The van der Waals surface area contributed by atoms with Crippen LogP contribution in [0.4, 0.5) is 0 Å². The Hall–Kier alpha value is -5.96. The molecule has 0 aliphatic heterocycles. The van der Waals surface area contributed by atoms with Crippen molar-refractivity contribution in [2.45, 2.75) is 214 Å². The Morgan fingerprint density at radius 1 is 0.344 bits per heavy atom. The summed E-state index contributed by atoms with van der Waals surface area (Å²) in [5, 5.41) is 2.00. The quantitative estimate of drug-likeness (QED) is 0.108. The van der Waals surface area contributed by atoms with Crippen LogP contribution < -0.4 is 9.92 Å². The van der Waals surface area contributed by atoms with Gasteiger partial charge in [-0.3, -0.25) is 8.42 Å². The summed E-state index contributed by atoms with van der Waals surface area (Å²) in [6.07, 6.45) is 3.78. The zero-order valence-electron chi connectivity index (χ0n) is 60.7. The summed E-state index contributed by atoms with van der Waals surface area (Å²) < 4.78 is 31.9. The van der Waals surface area contributed by atoms with E-state index >= 15 is 0 Å². The van der Waals surface area contributed by atoms with E-state index in [4.69, 9.17) is 9.47 Å². The number of benzene rings is 8. The molecule has 8 rings (SSSR count). The van der Waals surface area contributed by atoms with Gasteiger partial charge in [0, 0.05) is 51.0 Å². The van der Waals surface area contributed by atoms with Crippen LogP contribution in [-0.4, -0.2) is 49.3 Å². The van der Waals surface area contributed by atoms with Crippen LogP contribution in [0, 0.1) is 6.92 Å². The predicted octanol–water partition coefficient (Wildman–Crippen LogP) is 23.9. The number of hydrogen-bond donors (Lipinski definition) is 0. The molecule has 0 bridgehead atoms. The van der Waals surface area contributed by atoms with Gasteiger partial charge in [0.2, 0.25) is 0 Å². The predicted molar refractivity (Wildman–Crippen MR) is 404 cm³/mol. The van der Waals surface area contributed by atoms with Crippen LogP contribution in [0.1, 0.15) is 217 Å². The molecule has 0 fully saturated rings. The van der Waals surface area contributed by atoms with Gasteiger partial charge in [0.1, 0.15) is 5.75 Å². The molecule has 0 saturated heterocycles. The topological polar surface area (TPSA) is 52.6 Å². The summed E-state index contributed by atoms with van der Waals surface area (Å²) >= 11 is 0. The van der Waals surface area contributed by atoms with Crippen LogP contribution in [0.3, 0.4) is 0 Å². The zero-order chi connectivity index (χ0) is 68.3. The molecule has 492 valence electrons. The molecule has 0 N–H and O–H groups in total. The number of hydrogen-bond acceptors (Lipinski definition) is 4. The highest BCUT2D eigenvalue weighted by molar-refractivity contribution is 7.84. The molecular formula is C83H120O4S2Si. The zero-order valence-corrected chi connectivity index (χ0v) is 63.3. The molecule has 0 aliphatic rings. The molecule has 0 heterocycles. The molecule has 2 atom stereocenters. The van der Waals surface area contributed by atoms with E-state index in [-0.39, 0.29) is 0 Å². The largest absolute Gasteiger partial charge is 0.497 e. The van der Waals surface area contributed by atoms with Gasteiger partial charge in [0.05, 0.1) is 21.3 Å². The van der Waals surface area contributed by atoms with Crippen molar-refractivity contribution < 1.29 is 17.9 Å². The fourth-order valence-electron chi connectivity index (χ4n) is 8.28. The minimum Gasteiger partial charge on any atom is -0.497 e. The Bertz CT molecular complexity index is 3080. The highest BCUT2D eigenvalue weighted by Crippen LogP contribution is 2.36. The van der Waals surface area contributed by atoms with Crippen LogP contribution in [0.15, 0.2) is 216 Å². The minimum absolute atomic E-state index is 0.384. The van der Waals surface area contributed by atoms with Crippen LogP contribution in [-0.2, 0) is 26.3 Å². The van der Waals surface area contributed by atoms with Crippen molar-refractivity contribution in [2.75, 3.05) is 26.7 Å². The van der Waals surface area contributed by atoms with Gasteiger partial charge in [-0.1, -0.05) is 311 Å². The Balaban J connectivity index is 0.000000522. The first-order valence-electron chi connectivity index (χ1n) is 32.6. The SMILES string of the molecule is CC(C)c1ccc(-c2ccccc2)cc1.CC(C)c1ccc(S(C)=O)cc1.CC(C)c1ccc(S(C)=O)cc1.CC(C)c1ccc([Si](C)(C)C(C)(C)C)cc1.CC(C)c1ccccc1.COC(C)C.COc1ccc(C(C)C)cc1.Cc1ccc(C(C)C)cc1. The Morgan fingerprint density at radius 2 is 0.589 bits per heavy atom. The molecule has 2 unspecified atom stereocenters. The molecule has 0 amide bonds. The smallest absolute Gasteiger partial charge is 0.118 e. The molecular weight excluding hydrogens is 1150 g/mol. The first-order chi connectivity index (χ1) is 42.2. The fourth-order valence-corrected chi connectivity index (χ4v) is 11.2. The standard InChI is InChI=1S/C15H26Si.C15H16.2C10H14OS.C10H14O.C10H14.C9H12.C4H10O/c1-12(2)13-8-10-14(11-9-13)16(6,7)15(3,4)5;1-12(2)13-8-10-15(11-9-13)14-6-4-3-5-7-14;2*1-8(2)9-4-6-10(7-5-9)12(3)11;1-8(2)9-4-6-10(11-3)7-5-9;1-8(2)10-6-4-9(3)5-7-10;1-8(2)9-6-4-3-5-7-9;1-4(2)5-3/h8-12H,1-7H3;3-12H,1-2H3;2*4-8H,1-3H3;4-8H,1-3H3;4-8H,1-3H3;3-8H,1-2H3;4H,1-3H3. The van der Waals surface area contributed by atoms with Crippen molar-refractivity contribution in [2.24, 2.45) is 0 Å². The van der Waals surface area contributed by atoms with Crippen molar-refractivity contribution in [1.29, 1.82) is 0 Å². The van der Waals surface area contributed by atoms with Gasteiger partial charge in [-0.2, -0.15) is 0 Å². The number of ether oxygens (including phenoxy) is 2. The average Bonchev–Trinajstić information content (AvgIpc) is 1.25. The second-order valence-electron chi connectivity index (χ2n) is 27.0. The Kier molecular flexibility index (Phi) is 39.2. The summed E-state index contributed by atoms with van der Waals surface area (Å²) in [6, 6.07) is 72.0. The van der Waals surface area contributed by atoms with E-state index in [1.807, 2.05) is 86.6 Å². The van der Waals surface area contributed by atoms with Crippen molar-refractivity contribution in [3.05, 3.63) is 251 Å². The van der Waals surface area contributed by atoms with Crippen LogP contribution in [0.5, 0.6) is 5.75 Å². The number of rotatable bonds is 13. The molecule has 0 spiro atoms. The van der Waals surface area contributed by atoms with E-state index < -0.39 is 29.7 Å². The van der Waals surface area contributed by atoms with Crippen molar-refractivity contribution in [3.8, 4) is 16.9 Å². The average molecular weight is 1270 g/mol. The van der Waals surface area contributed by atoms with E-state index in [1.165, 1.54) is 55.6 Å². The normalized spacial score (nSPS) is 11.6. The maximum absolute atomic E-state index is 11.0. The third-order valence-electron chi connectivity index (χ3n) is 16.1. The lowest BCUT2D eigenvalue weighted by Crippen LogP contribution is -2.49. The first kappa shape index (κ1) is 82.0. The lowest BCUT2D eigenvalue weighted by Gasteiger charge is -2.37. The summed E-state index contributed by atoms with van der Waals surface area (Å²) in [6.45, 7) is 48.9. The van der Waals surface area contributed by atoms with Crippen molar-refractivity contribution in [3.63, 3.8) is 0 Å². The van der Waals surface area contributed by atoms with Gasteiger partial charge in [-0.25, -0.2) is 0 Å². The lowest BCUT2D eigenvalue weighted by molar-refractivity contribution is 0.134. The molecule has 0 saturated carbocycles. The third-order valence-corrected chi connectivity index (χ3v) is 23.5. The summed E-state index contributed by atoms with van der Waals surface area (Å²) in [4.78, 5) is 1.80. The maximum Gasteiger partial charge on any atom is 0.118 e. The van der Waals surface area contributed by atoms with Gasteiger partial charge in [-0.15, -0.1) is 0 Å². The van der Waals surface area contributed by atoms with Crippen molar-refractivity contribution in [1.82, 2.24) is 0 Å². The highest BCUT2D eigenvalue weighted by atomic mass is 32.2. The van der Waals surface area contributed by atoms with Crippen LogP contribution in [0.25, 0.3) is 11.1 Å². The van der Waals surface area contributed by atoms with E-state index in [0.717, 1.165) is 15.5 Å². The second-order valence-corrected chi connectivity index (χ2v) is 35.1. The van der Waals surface area contributed by atoms with E-state index in [9.17, 15) is 8.42 Å². The summed E-state index contributed by atoms with van der Waals surface area (Å²) in [5.74, 6) is 5.17. The van der Waals surface area contributed by atoms with Crippen LogP contribution in [0.2, 0.25) is 18.1 Å². The Labute approximate surface area is 557 Å². The van der Waals surface area contributed by atoms with E-state index in [1.54, 1.807) is 31.9 Å². The number of methoxy groups -OCH3 is 2. The van der Waals surface area contributed by atoms with Gasteiger partial charge in [0.15, 0.2) is 0 Å². The molecule has 0 radical (unpaired) electrons. The summed E-state index contributed by atoms with van der Waals surface area (Å²) in [5.41, 5.74) is 13.5. The molecule has 4 nitrogen and oxygen atoms in total.